The number of hydrogen-bond donors (Lipinski definition) is 2. The van der Waals surface area contributed by atoms with Gasteiger partial charge in [-0.3, -0.25) is 0 Å². The molecule has 1 aromatic carbocycles. The molecule has 1 heterocycles. The molecule has 18 heavy (non-hydrogen) atoms. The molecular weight excluding hydrogens is 237 g/mol. The molecule has 0 aliphatic heterocycles. The van der Waals surface area contributed by atoms with E-state index in [1.165, 1.54) is 19.2 Å². The second-order valence-corrected chi connectivity index (χ2v) is 3.79. The van der Waals surface area contributed by atoms with Crippen molar-refractivity contribution in [2.24, 2.45) is 7.05 Å². The summed E-state index contributed by atoms with van der Waals surface area (Å²) in [6.45, 7) is 0.440. The van der Waals surface area contributed by atoms with Crippen LogP contribution in [0.3, 0.4) is 0 Å². The number of nitrogens with one attached hydrogen (secondary N) is 1. The number of aromatic nitrogens is 3. The van der Waals surface area contributed by atoms with Gasteiger partial charge < -0.3 is 20.4 Å². The van der Waals surface area contributed by atoms with E-state index in [0.29, 0.717) is 17.9 Å². The van der Waals surface area contributed by atoms with Gasteiger partial charge in [-0.05, 0) is 0 Å². The van der Waals surface area contributed by atoms with Crippen LogP contribution in [0.2, 0.25) is 0 Å². The minimum Gasteiger partial charge on any atom is -0.494 e. The molecule has 2 aromatic rings. The van der Waals surface area contributed by atoms with Crippen molar-refractivity contribution in [3.05, 3.63) is 30.1 Å². The fraction of sp³-hybridized carbons (Fsp3) is 0.273. The van der Waals surface area contributed by atoms with Gasteiger partial charge in [0.15, 0.2) is 17.4 Å². The van der Waals surface area contributed by atoms with Gasteiger partial charge in [0.05, 0.1) is 25.0 Å². The molecular formula is C11H14FN5O. The lowest BCUT2D eigenvalue weighted by atomic mass is 10.2. The zero-order valence-electron chi connectivity index (χ0n) is 10.1. The highest BCUT2D eigenvalue weighted by molar-refractivity contribution is 5.68. The molecule has 0 atom stereocenters. The zero-order valence-corrected chi connectivity index (χ0v) is 10.1. The van der Waals surface area contributed by atoms with Crippen molar-refractivity contribution in [2.45, 2.75) is 6.54 Å². The number of nitrogens with two attached hydrogens (primary N) is 1. The topological polar surface area (TPSA) is 78.0 Å². The second kappa shape index (κ2) is 4.91. The molecule has 7 heteroatoms. The summed E-state index contributed by atoms with van der Waals surface area (Å²) in [5.41, 5.74) is 6.63. The van der Waals surface area contributed by atoms with Gasteiger partial charge in [0, 0.05) is 19.2 Å². The molecule has 0 amide bonds. The summed E-state index contributed by atoms with van der Waals surface area (Å²) in [4.78, 5) is 0. The molecule has 6 nitrogen and oxygen atoms in total. The summed E-state index contributed by atoms with van der Waals surface area (Å²) in [5, 5.41) is 10.7. The molecule has 0 bridgehead atoms. The van der Waals surface area contributed by atoms with Gasteiger partial charge >= 0.3 is 0 Å². The Morgan fingerprint density at radius 3 is 2.89 bits per heavy atom. The Bertz CT molecular complexity index is 554. The Morgan fingerprint density at radius 1 is 1.50 bits per heavy atom. The molecule has 0 unspecified atom stereocenters. The second-order valence-electron chi connectivity index (χ2n) is 3.79. The third-order valence-electron chi connectivity index (χ3n) is 2.57. The van der Waals surface area contributed by atoms with Crippen molar-refractivity contribution in [2.75, 3.05) is 18.2 Å². The first-order chi connectivity index (χ1) is 8.61. The van der Waals surface area contributed by atoms with Gasteiger partial charge in [-0.25, -0.2) is 4.39 Å². The zero-order chi connectivity index (χ0) is 13.1. The van der Waals surface area contributed by atoms with Crippen LogP contribution < -0.4 is 15.8 Å². The van der Waals surface area contributed by atoms with E-state index in [9.17, 15) is 4.39 Å². The lowest BCUT2D eigenvalue weighted by Crippen LogP contribution is -2.08. The molecule has 0 spiro atoms. The van der Waals surface area contributed by atoms with Crippen molar-refractivity contribution in [3.8, 4) is 5.75 Å². The minimum absolute atomic E-state index is 0.143. The first kappa shape index (κ1) is 12.2. The van der Waals surface area contributed by atoms with E-state index in [4.69, 9.17) is 10.5 Å². The van der Waals surface area contributed by atoms with E-state index in [0.717, 1.165) is 5.82 Å². The average molecular weight is 251 g/mol. The molecule has 1 aromatic heterocycles. The Labute approximate surface area is 104 Å². The van der Waals surface area contributed by atoms with Crippen molar-refractivity contribution >= 4 is 11.4 Å². The molecule has 0 fully saturated rings. The van der Waals surface area contributed by atoms with Crippen LogP contribution in [-0.4, -0.2) is 21.9 Å². The molecule has 0 saturated heterocycles. The van der Waals surface area contributed by atoms with Crippen LogP contribution in [0.15, 0.2) is 18.5 Å². The number of anilines is 2. The maximum absolute atomic E-state index is 13.3. The number of nitrogens with zero attached hydrogens (tertiary/aromatic N) is 3. The van der Waals surface area contributed by atoms with Crippen LogP contribution in [0.25, 0.3) is 0 Å². The number of nitrogen functional groups attached to an aromatic ring is 1. The van der Waals surface area contributed by atoms with Crippen LogP contribution in [0, 0.1) is 5.82 Å². The summed E-state index contributed by atoms with van der Waals surface area (Å²) in [6, 6.07) is 2.73. The van der Waals surface area contributed by atoms with Gasteiger partial charge in [0.25, 0.3) is 0 Å². The Morgan fingerprint density at radius 2 is 2.28 bits per heavy atom. The fourth-order valence-electron chi connectivity index (χ4n) is 1.52. The van der Waals surface area contributed by atoms with E-state index in [1.54, 1.807) is 10.9 Å². The number of ether oxygens (including phenoxy) is 1. The Balaban J connectivity index is 2.16. The highest BCUT2D eigenvalue weighted by Gasteiger charge is 2.09. The van der Waals surface area contributed by atoms with E-state index in [2.05, 4.69) is 15.5 Å². The standard InChI is InChI=1S/C11H14FN5O/c1-17-6-15-16-11(17)5-14-9-4-10(18-2)7(12)3-8(9)13/h3-4,6,14H,5,13H2,1-2H3. The third kappa shape index (κ3) is 2.34. The molecule has 0 radical (unpaired) electrons. The first-order valence-electron chi connectivity index (χ1n) is 5.31. The number of benzene rings is 1. The summed E-state index contributed by atoms with van der Waals surface area (Å²) in [7, 11) is 3.24. The normalized spacial score (nSPS) is 10.4. The van der Waals surface area contributed by atoms with Crippen LogP contribution in [0.5, 0.6) is 5.75 Å². The fourth-order valence-corrected chi connectivity index (χ4v) is 1.52. The van der Waals surface area contributed by atoms with Crippen molar-refractivity contribution in [1.29, 1.82) is 0 Å². The van der Waals surface area contributed by atoms with E-state index >= 15 is 0 Å². The van der Waals surface area contributed by atoms with Crippen molar-refractivity contribution in [1.82, 2.24) is 14.8 Å². The molecule has 96 valence electrons. The maximum Gasteiger partial charge on any atom is 0.167 e. The molecule has 0 aliphatic carbocycles. The molecule has 0 aliphatic rings. The van der Waals surface area contributed by atoms with Crippen molar-refractivity contribution < 1.29 is 9.13 Å². The summed E-state index contributed by atoms with van der Waals surface area (Å²) < 4.78 is 20.0. The summed E-state index contributed by atoms with van der Waals surface area (Å²) in [5.74, 6) is 0.404. The van der Waals surface area contributed by atoms with E-state index in [-0.39, 0.29) is 5.75 Å². The van der Waals surface area contributed by atoms with Crippen LogP contribution in [0.4, 0.5) is 15.8 Å². The largest absolute Gasteiger partial charge is 0.494 e. The summed E-state index contributed by atoms with van der Waals surface area (Å²) in [6.07, 6.45) is 1.60. The Kier molecular flexibility index (Phi) is 3.31. The number of rotatable bonds is 4. The highest BCUT2D eigenvalue weighted by atomic mass is 19.1. The average Bonchev–Trinajstić information content (AvgIpc) is 2.74. The SMILES string of the molecule is COc1cc(NCc2nncn2C)c(N)cc1F. The number of halogens is 1. The van der Waals surface area contributed by atoms with Gasteiger partial charge in [0.2, 0.25) is 0 Å². The van der Waals surface area contributed by atoms with E-state index in [1.807, 2.05) is 7.05 Å². The third-order valence-corrected chi connectivity index (χ3v) is 2.57. The highest BCUT2D eigenvalue weighted by Crippen LogP contribution is 2.28. The van der Waals surface area contributed by atoms with Crippen LogP contribution >= 0.6 is 0 Å². The number of aryl methyl sites for hydroxylation is 1. The van der Waals surface area contributed by atoms with Crippen molar-refractivity contribution in [3.63, 3.8) is 0 Å². The van der Waals surface area contributed by atoms with Gasteiger partial charge in [0.1, 0.15) is 6.33 Å². The van der Waals surface area contributed by atoms with E-state index < -0.39 is 5.82 Å². The van der Waals surface area contributed by atoms with Gasteiger partial charge in [-0.15, -0.1) is 10.2 Å². The molecule has 0 saturated carbocycles. The monoisotopic (exact) mass is 251 g/mol. The van der Waals surface area contributed by atoms with Crippen LogP contribution in [0.1, 0.15) is 5.82 Å². The maximum atomic E-state index is 13.3. The predicted octanol–water partition coefficient (Wildman–Crippen LogP) is 1.16. The van der Waals surface area contributed by atoms with Crippen LogP contribution in [-0.2, 0) is 13.6 Å². The van der Waals surface area contributed by atoms with Gasteiger partial charge in [-0.2, -0.15) is 0 Å². The predicted molar refractivity (Wildman–Crippen MR) is 65.7 cm³/mol. The molecule has 2 rings (SSSR count). The smallest absolute Gasteiger partial charge is 0.167 e. The minimum atomic E-state index is -0.487. The Hall–Kier alpha value is -2.31. The lowest BCUT2D eigenvalue weighted by molar-refractivity contribution is 0.387. The number of methoxy groups -OCH3 is 1. The first-order valence-corrected chi connectivity index (χ1v) is 5.31. The molecule has 3 N–H and O–H groups in total. The number of hydrogen-bond acceptors (Lipinski definition) is 5. The van der Waals surface area contributed by atoms with Gasteiger partial charge in [-0.1, -0.05) is 0 Å². The quantitative estimate of drug-likeness (QED) is 0.797. The summed E-state index contributed by atoms with van der Waals surface area (Å²) >= 11 is 0. The lowest BCUT2D eigenvalue weighted by Gasteiger charge is -2.11.